The number of rotatable bonds is 9. The molecular formula is C23H37FN4O2. The topological polar surface area (TPSA) is 58.1 Å². The lowest BCUT2D eigenvalue weighted by molar-refractivity contribution is 0.0205. The fourth-order valence-corrected chi connectivity index (χ4v) is 3.99. The molecule has 0 aromatic heterocycles. The van der Waals surface area contributed by atoms with Crippen LogP contribution in [0.15, 0.2) is 29.3 Å². The van der Waals surface area contributed by atoms with Crippen LogP contribution in [0.5, 0.6) is 0 Å². The van der Waals surface area contributed by atoms with Crippen molar-refractivity contribution in [3.63, 3.8) is 0 Å². The Morgan fingerprint density at radius 1 is 1.23 bits per heavy atom. The van der Waals surface area contributed by atoms with Gasteiger partial charge in [0, 0.05) is 64.3 Å². The molecular weight excluding hydrogens is 383 g/mol. The van der Waals surface area contributed by atoms with Gasteiger partial charge in [0.1, 0.15) is 5.82 Å². The van der Waals surface area contributed by atoms with Crippen LogP contribution < -0.4 is 15.5 Å². The van der Waals surface area contributed by atoms with Crippen molar-refractivity contribution in [3.05, 3.63) is 30.1 Å². The third-order valence-corrected chi connectivity index (χ3v) is 5.76. The zero-order valence-electron chi connectivity index (χ0n) is 18.2. The molecule has 7 heteroatoms. The molecule has 0 spiro atoms. The van der Waals surface area contributed by atoms with Gasteiger partial charge in [0.15, 0.2) is 5.96 Å². The maximum atomic E-state index is 13.5. The number of aliphatic imine (C=N–C) groups is 1. The van der Waals surface area contributed by atoms with Crippen LogP contribution in [0.1, 0.15) is 39.0 Å². The maximum Gasteiger partial charge on any atom is 0.191 e. The van der Waals surface area contributed by atoms with Crippen LogP contribution in [0, 0.1) is 11.7 Å². The van der Waals surface area contributed by atoms with Gasteiger partial charge < -0.3 is 25.0 Å². The molecule has 2 aliphatic heterocycles. The number of hydrogen-bond acceptors (Lipinski definition) is 4. The van der Waals surface area contributed by atoms with E-state index in [4.69, 9.17) is 14.5 Å². The number of nitrogens with one attached hydrogen (secondary N) is 2. The van der Waals surface area contributed by atoms with E-state index in [0.717, 1.165) is 96.4 Å². The highest BCUT2D eigenvalue weighted by Crippen LogP contribution is 2.20. The number of halogens is 1. The van der Waals surface area contributed by atoms with Crippen molar-refractivity contribution in [3.8, 4) is 0 Å². The highest BCUT2D eigenvalue weighted by molar-refractivity contribution is 5.80. The largest absolute Gasteiger partial charge is 0.381 e. The van der Waals surface area contributed by atoms with Gasteiger partial charge in [0.2, 0.25) is 0 Å². The predicted molar refractivity (Wildman–Crippen MR) is 120 cm³/mol. The fourth-order valence-electron chi connectivity index (χ4n) is 3.99. The van der Waals surface area contributed by atoms with Gasteiger partial charge in [0.05, 0.1) is 0 Å². The van der Waals surface area contributed by atoms with Gasteiger partial charge in [-0.05, 0) is 63.1 Å². The molecule has 6 nitrogen and oxygen atoms in total. The first-order valence-electron chi connectivity index (χ1n) is 11.5. The van der Waals surface area contributed by atoms with Crippen LogP contribution in [0.2, 0.25) is 0 Å². The number of benzene rings is 1. The van der Waals surface area contributed by atoms with Crippen LogP contribution in [0.4, 0.5) is 10.1 Å². The molecule has 2 N–H and O–H groups in total. The van der Waals surface area contributed by atoms with Crippen molar-refractivity contribution >= 4 is 11.6 Å². The Hall–Kier alpha value is -1.86. The van der Waals surface area contributed by atoms with Gasteiger partial charge in [-0.25, -0.2) is 4.39 Å². The van der Waals surface area contributed by atoms with Crippen LogP contribution in [0.3, 0.4) is 0 Å². The third kappa shape index (κ3) is 7.76. The lowest BCUT2D eigenvalue weighted by atomic mass is 10.0. The summed E-state index contributed by atoms with van der Waals surface area (Å²) in [4.78, 5) is 6.96. The van der Waals surface area contributed by atoms with E-state index in [1.807, 2.05) is 6.07 Å². The first-order valence-corrected chi connectivity index (χ1v) is 11.5. The Morgan fingerprint density at radius 2 is 2.03 bits per heavy atom. The maximum absolute atomic E-state index is 13.5. The second-order valence-electron chi connectivity index (χ2n) is 8.13. The fraction of sp³-hybridized carbons (Fsp3) is 0.696. The normalized spacial score (nSPS) is 19.1. The van der Waals surface area contributed by atoms with E-state index in [1.165, 1.54) is 6.07 Å². The molecule has 0 atom stereocenters. The van der Waals surface area contributed by atoms with E-state index >= 15 is 0 Å². The third-order valence-electron chi connectivity index (χ3n) is 5.76. The van der Waals surface area contributed by atoms with Crippen LogP contribution in [-0.2, 0) is 9.47 Å². The molecule has 1 aromatic rings. The summed E-state index contributed by atoms with van der Waals surface area (Å²) in [6.07, 6.45) is 5.18. The smallest absolute Gasteiger partial charge is 0.191 e. The summed E-state index contributed by atoms with van der Waals surface area (Å²) in [5.41, 5.74) is 0.967. The second-order valence-corrected chi connectivity index (χ2v) is 8.13. The number of ether oxygens (including phenoxy) is 2. The predicted octanol–water partition coefficient (Wildman–Crippen LogP) is 3.18. The van der Waals surface area contributed by atoms with Gasteiger partial charge in [0.25, 0.3) is 0 Å². The van der Waals surface area contributed by atoms with Crippen molar-refractivity contribution < 1.29 is 13.9 Å². The van der Waals surface area contributed by atoms with Crippen LogP contribution >= 0.6 is 0 Å². The quantitative estimate of drug-likeness (QED) is 0.365. The minimum absolute atomic E-state index is 0.175. The summed E-state index contributed by atoms with van der Waals surface area (Å²) in [6.45, 7) is 8.86. The molecule has 2 saturated heterocycles. The van der Waals surface area contributed by atoms with Crippen molar-refractivity contribution in [2.75, 3.05) is 57.5 Å². The lowest BCUT2D eigenvalue weighted by Gasteiger charge is -2.34. The molecule has 0 saturated carbocycles. The number of nitrogens with zero attached hydrogens (tertiary/aromatic N) is 2. The first-order chi connectivity index (χ1) is 14.7. The van der Waals surface area contributed by atoms with E-state index in [1.54, 1.807) is 12.1 Å². The zero-order valence-corrected chi connectivity index (χ0v) is 18.2. The molecule has 1 aromatic carbocycles. The van der Waals surface area contributed by atoms with E-state index in [2.05, 4.69) is 22.5 Å². The molecule has 168 valence electrons. The molecule has 0 amide bonds. The Bertz CT molecular complexity index is 644. The summed E-state index contributed by atoms with van der Waals surface area (Å²) in [7, 11) is 0. The summed E-state index contributed by atoms with van der Waals surface area (Å²) < 4.78 is 24.7. The molecule has 3 rings (SSSR count). The molecule has 0 aliphatic carbocycles. The summed E-state index contributed by atoms with van der Waals surface area (Å²) in [5, 5.41) is 6.91. The summed E-state index contributed by atoms with van der Waals surface area (Å²) in [5.74, 6) is 1.36. The monoisotopic (exact) mass is 420 g/mol. The standard InChI is InChI=1S/C23H37FN4O2/c1-2-25-23(26-11-4-14-30-18-19-9-15-29-16-10-19)27-21-7-12-28(13-8-21)22-6-3-5-20(24)17-22/h3,5-6,17,19,21H,2,4,7-16,18H2,1H3,(H2,25,26,27). The zero-order chi connectivity index (χ0) is 21.0. The molecule has 0 radical (unpaired) electrons. The molecule has 30 heavy (non-hydrogen) atoms. The molecule has 0 unspecified atom stereocenters. The van der Waals surface area contributed by atoms with Crippen molar-refractivity contribution in [1.82, 2.24) is 10.6 Å². The van der Waals surface area contributed by atoms with E-state index in [9.17, 15) is 4.39 Å². The first kappa shape index (κ1) is 22.8. The molecule has 2 aliphatic rings. The average molecular weight is 421 g/mol. The summed E-state index contributed by atoms with van der Waals surface area (Å²) in [6, 6.07) is 7.25. The summed E-state index contributed by atoms with van der Waals surface area (Å²) >= 11 is 0. The molecule has 2 fully saturated rings. The van der Waals surface area contributed by atoms with Gasteiger partial charge in [-0.2, -0.15) is 0 Å². The van der Waals surface area contributed by atoms with Crippen molar-refractivity contribution in [1.29, 1.82) is 0 Å². The molecule has 0 bridgehead atoms. The van der Waals surface area contributed by atoms with Gasteiger partial charge >= 0.3 is 0 Å². The highest BCUT2D eigenvalue weighted by atomic mass is 19.1. The van der Waals surface area contributed by atoms with Gasteiger partial charge in [-0.3, -0.25) is 4.99 Å². The van der Waals surface area contributed by atoms with Crippen LogP contribution in [-0.4, -0.2) is 64.6 Å². The average Bonchev–Trinajstić information content (AvgIpc) is 2.77. The minimum atomic E-state index is -0.175. The number of hydrogen-bond donors (Lipinski definition) is 2. The molecule has 2 heterocycles. The highest BCUT2D eigenvalue weighted by Gasteiger charge is 2.20. The lowest BCUT2D eigenvalue weighted by Crippen LogP contribution is -2.48. The number of guanidine groups is 1. The van der Waals surface area contributed by atoms with Crippen molar-refractivity contribution in [2.45, 2.75) is 45.1 Å². The Balaban J connectivity index is 1.34. The van der Waals surface area contributed by atoms with E-state index < -0.39 is 0 Å². The van der Waals surface area contributed by atoms with Gasteiger partial charge in [-0.15, -0.1) is 0 Å². The Kier molecular flexibility index (Phi) is 9.70. The minimum Gasteiger partial charge on any atom is -0.381 e. The van der Waals surface area contributed by atoms with Gasteiger partial charge in [-0.1, -0.05) is 6.07 Å². The Labute approximate surface area is 180 Å². The van der Waals surface area contributed by atoms with Crippen LogP contribution in [0.25, 0.3) is 0 Å². The SMILES string of the molecule is CCNC(=NCCCOCC1CCOCC1)NC1CCN(c2cccc(F)c2)CC1. The number of anilines is 1. The van der Waals surface area contributed by atoms with E-state index in [0.29, 0.717) is 12.0 Å². The van der Waals surface area contributed by atoms with Crippen molar-refractivity contribution in [2.24, 2.45) is 10.9 Å². The van der Waals surface area contributed by atoms with E-state index in [-0.39, 0.29) is 5.82 Å². The Morgan fingerprint density at radius 3 is 2.77 bits per heavy atom. The number of piperidine rings is 1. The second kappa shape index (κ2) is 12.7.